The first-order valence-electron chi connectivity index (χ1n) is 6.98. The number of halogens is 1. The van der Waals surface area contributed by atoms with E-state index >= 15 is 0 Å². The minimum Gasteiger partial charge on any atom is -0.462 e. The summed E-state index contributed by atoms with van der Waals surface area (Å²) in [5.41, 5.74) is -1.33. The molecule has 1 amide bonds. The van der Waals surface area contributed by atoms with Gasteiger partial charge in [-0.2, -0.15) is 10.1 Å². The maximum Gasteiger partial charge on any atom is 0.362 e. The maximum absolute atomic E-state index is 12.6. The third-order valence-corrected chi connectivity index (χ3v) is 3.55. The van der Waals surface area contributed by atoms with Crippen molar-refractivity contribution in [3.05, 3.63) is 34.9 Å². The number of amides is 1. The Bertz CT molecular complexity index is 632. The molecule has 1 aliphatic rings. The molecule has 0 aromatic heterocycles. The van der Waals surface area contributed by atoms with Gasteiger partial charge in [-0.1, -0.05) is 24.6 Å². The Balaban J connectivity index is 2.37. The largest absolute Gasteiger partial charge is 0.462 e. The first kappa shape index (κ1) is 16.5. The fourth-order valence-corrected chi connectivity index (χ4v) is 2.37. The van der Waals surface area contributed by atoms with Crippen LogP contribution in [-0.2, 0) is 9.53 Å². The van der Waals surface area contributed by atoms with E-state index in [-0.39, 0.29) is 18.6 Å². The smallest absolute Gasteiger partial charge is 0.362 e. The fraction of sp³-hybridized carbons (Fsp3) is 0.400. The molecule has 0 saturated carbocycles. The maximum atomic E-state index is 12.6. The molecule has 0 radical (unpaired) electrons. The van der Waals surface area contributed by atoms with E-state index in [0.717, 1.165) is 5.01 Å². The molecule has 1 atom stereocenters. The lowest BCUT2D eigenvalue weighted by molar-refractivity contribution is -0.179. The van der Waals surface area contributed by atoms with Gasteiger partial charge in [-0.15, -0.1) is 0 Å². The van der Waals surface area contributed by atoms with Crippen molar-refractivity contribution in [1.82, 2.24) is 5.01 Å². The van der Waals surface area contributed by atoms with Crippen LogP contribution in [0.25, 0.3) is 0 Å². The van der Waals surface area contributed by atoms with Gasteiger partial charge >= 0.3 is 5.97 Å². The number of hydrogen-bond acceptors (Lipinski definition) is 5. The van der Waals surface area contributed by atoms with E-state index in [4.69, 9.17) is 16.3 Å². The molecular formula is C15H17ClN2O4. The average molecular weight is 325 g/mol. The summed E-state index contributed by atoms with van der Waals surface area (Å²) in [5, 5.41) is 15.9. The summed E-state index contributed by atoms with van der Waals surface area (Å²) in [6.07, 6.45) is 0.454. The van der Waals surface area contributed by atoms with Crippen molar-refractivity contribution < 1.29 is 19.4 Å². The van der Waals surface area contributed by atoms with Crippen molar-refractivity contribution in [2.24, 2.45) is 5.10 Å². The molecule has 1 N–H and O–H groups in total. The lowest BCUT2D eigenvalue weighted by Crippen LogP contribution is -2.53. The Morgan fingerprint density at radius 3 is 2.77 bits per heavy atom. The number of benzene rings is 1. The minimum atomic E-state index is -2.11. The second kappa shape index (κ2) is 6.46. The van der Waals surface area contributed by atoms with Crippen molar-refractivity contribution in [2.75, 3.05) is 6.61 Å². The summed E-state index contributed by atoms with van der Waals surface area (Å²) in [6, 6.07) is 6.23. The number of carbonyl (C=O) groups is 2. The number of nitrogens with zero attached hydrogens (tertiary/aromatic N) is 2. The van der Waals surface area contributed by atoms with Crippen molar-refractivity contribution in [3.63, 3.8) is 0 Å². The minimum absolute atomic E-state index is 0.0609. The van der Waals surface area contributed by atoms with Crippen LogP contribution in [0.3, 0.4) is 0 Å². The molecule has 2 rings (SSSR count). The average Bonchev–Trinajstić information content (AvgIpc) is 2.85. The van der Waals surface area contributed by atoms with Crippen LogP contribution in [0.4, 0.5) is 0 Å². The standard InChI is InChI=1S/C15H17ClN2O4/c1-3-12-9-15(21,14(20)22-4-2)18(17-12)13(19)10-6-5-7-11(16)8-10/h5-8,21H,3-4,9H2,1-2H3. The first-order chi connectivity index (χ1) is 10.4. The van der Waals surface area contributed by atoms with Gasteiger partial charge < -0.3 is 9.84 Å². The van der Waals surface area contributed by atoms with Crippen LogP contribution in [0, 0.1) is 0 Å². The zero-order valence-corrected chi connectivity index (χ0v) is 13.1. The predicted octanol–water partition coefficient (Wildman–Crippen LogP) is 2.20. The molecule has 1 aromatic rings. The molecule has 118 valence electrons. The van der Waals surface area contributed by atoms with Crippen LogP contribution < -0.4 is 0 Å². The van der Waals surface area contributed by atoms with Gasteiger partial charge in [-0.3, -0.25) is 4.79 Å². The van der Waals surface area contributed by atoms with Crippen LogP contribution in [-0.4, -0.2) is 40.0 Å². The number of rotatable bonds is 4. The molecule has 22 heavy (non-hydrogen) atoms. The molecule has 0 aliphatic carbocycles. The van der Waals surface area contributed by atoms with Gasteiger partial charge in [0.1, 0.15) is 0 Å². The van der Waals surface area contributed by atoms with Gasteiger partial charge in [0.15, 0.2) is 0 Å². The van der Waals surface area contributed by atoms with Crippen molar-refractivity contribution in [1.29, 1.82) is 0 Å². The summed E-state index contributed by atoms with van der Waals surface area (Å²) in [6.45, 7) is 3.56. The van der Waals surface area contributed by atoms with Gasteiger partial charge in [-0.25, -0.2) is 4.79 Å². The zero-order valence-electron chi connectivity index (χ0n) is 12.4. The van der Waals surface area contributed by atoms with Gasteiger partial charge in [0.25, 0.3) is 11.6 Å². The summed E-state index contributed by atoms with van der Waals surface area (Å²) in [5.74, 6) is -1.50. The SMILES string of the molecule is CCOC(=O)C1(O)CC(CC)=NN1C(=O)c1cccc(Cl)c1. The van der Waals surface area contributed by atoms with E-state index in [0.29, 0.717) is 17.2 Å². The van der Waals surface area contributed by atoms with Crippen molar-refractivity contribution >= 4 is 29.2 Å². The van der Waals surface area contributed by atoms with Crippen LogP contribution in [0.5, 0.6) is 0 Å². The van der Waals surface area contributed by atoms with E-state index in [9.17, 15) is 14.7 Å². The number of ether oxygens (including phenoxy) is 1. The van der Waals surface area contributed by atoms with Crippen LogP contribution >= 0.6 is 11.6 Å². The highest BCUT2D eigenvalue weighted by molar-refractivity contribution is 6.31. The third-order valence-electron chi connectivity index (χ3n) is 3.32. The molecule has 0 fully saturated rings. The van der Waals surface area contributed by atoms with Gasteiger partial charge in [0.2, 0.25) is 0 Å². The number of carbonyl (C=O) groups excluding carboxylic acids is 2. The number of esters is 1. The molecule has 0 bridgehead atoms. The van der Waals surface area contributed by atoms with Crippen LogP contribution in [0.2, 0.25) is 5.02 Å². The Hall–Kier alpha value is -1.92. The highest BCUT2D eigenvalue weighted by Gasteiger charge is 2.51. The lowest BCUT2D eigenvalue weighted by atomic mass is 10.0. The van der Waals surface area contributed by atoms with E-state index in [1.165, 1.54) is 6.07 Å². The number of hydrogen-bond donors (Lipinski definition) is 1. The summed E-state index contributed by atoms with van der Waals surface area (Å²) in [7, 11) is 0. The Kier molecular flexibility index (Phi) is 4.83. The third kappa shape index (κ3) is 2.98. The summed E-state index contributed by atoms with van der Waals surface area (Å²) < 4.78 is 4.88. The molecule has 1 heterocycles. The number of aliphatic hydroxyl groups is 1. The first-order valence-corrected chi connectivity index (χ1v) is 7.36. The van der Waals surface area contributed by atoms with E-state index in [1.807, 2.05) is 6.92 Å². The molecule has 6 nitrogen and oxygen atoms in total. The second-order valence-electron chi connectivity index (χ2n) is 4.86. The molecule has 1 unspecified atom stereocenters. The van der Waals surface area contributed by atoms with Crippen LogP contribution in [0.1, 0.15) is 37.0 Å². The van der Waals surface area contributed by atoms with Gasteiger partial charge in [-0.05, 0) is 31.5 Å². The summed E-state index contributed by atoms with van der Waals surface area (Å²) >= 11 is 5.87. The van der Waals surface area contributed by atoms with Crippen molar-refractivity contribution in [2.45, 2.75) is 32.4 Å². The van der Waals surface area contributed by atoms with Gasteiger partial charge in [0, 0.05) is 22.7 Å². The lowest BCUT2D eigenvalue weighted by Gasteiger charge is -2.28. The van der Waals surface area contributed by atoms with E-state index in [2.05, 4.69) is 5.10 Å². The fourth-order valence-electron chi connectivity index (χ4n) is 2.18. The normalized spacial score (nSPS) is 20.7. The molecule has 0 spiro atoms. The number of hydrazone groups is 1. The monoisotopic (exact) mass is 324 g/mol. The topological polar surface area (TPSA) is 79.2 Å². The molecule has 7 heteroatoms. The highest BCUT2D eigenvalue weighted by Crippen LogP contribution is 2.30. The van der Waals surface area contributed by atoms with E-state index < -0.39 is 17.6 Å². The molecule has 1 aliphatic heterocycles. The Morgan fingerprint density at radius 2 is 2.18 bits per heavy atom. The van der Waals surface area contributed by atoms with Gasteiger partial charge in [0.05, 0.1) is 6.61 Å². The Morgan fingerprint density at radius 1 is 1.45 bits per heavy atom. The second-order valence-corrected chi connectivity index (χ2v) is 5.30. The van der Waals surface area contributed by atoms with Crippen LogP contribution in [0.15, 0.2) is 29.4 Å². The van der Waals surface area contributed by atoms with Crippen molar-refractivity contribution in [3.8, 4) is 0 Å². The predicted molar refractivity (Wildman–Crippen MR) is 81.5 cm³/mol. The molecular weight excluding hydrogens is 308 g/mol. The highest BCUT2D eigenvalue weighted by atomic mass is 35.5. The quantitative estimate of drug-likeness (QED) is 0.861. The molecule has 1 aromatic carbocycles. The summed E-state index contributed by atoms with van der Waals surface area (Å²) in [4.78, 5) is 24.7. The molecule has 0 saturated heterocycles. The van der Waals surface area contributed by atoms with E-state index in [1.54, 1.807) is 25.1 Å². The zero-order chi connectivity index (χ0) is 16.3. The Labute approximate surface area is 133 Å².